The predicted molar refractivity (Wildman–Crippen MR) is 46.7 cm³/mol. The molecule has 0 aromatic carbocycles. The van der Waals surface area contributed by atoms with E-state index in [0.29, 0.717) is 12.0 Å². The summed E-state index contributed by atoms with van der Waals surface area (Å²) in [6.45, 7) is 7.27. The largest absolute Gasteiger partial charge is 0.315 e. The number of rotatable bonds is 4. The average Bonchev–Trinajstić information content (AvgIpc) is 1.87. The van der Waals surface area contributed by atoms with Crippen LogP contribution in [0.3, 0.4) is 0 Å². The van der Waals surface area contributed by atoms with Crippen molar-refractivity contribution in [3.8, 4) is 0 Å². The summed E-state index contributed by atoms with van der Waals surface area (Å²) in [6, 6.07) is 0.495. The van der Waals surface area contributed by atoms with Gasteiger partial charge in [0.1, 0.15) is 0 Å². The molecule has 60 valence electrons. The van der Waals surface area contributed by atoms with E-state index in [2.05, 4.69) is 31.1 Å². The highest BCUT2D eigenvalue weighted by Gasteiger charge is 1.92. The molecule has 1 atom stereocenters. The Labute approximate surface area is 63.7 Å². The summed E-state index contributed by atoms with van der Waals surface area (Å²) < 4.78 is 0. The minimum atomic E-state index is 0.495. The molecule has 0 rings (SSSR count). The number of nitrogens with one attached hydrogen (secondary N) is 1. The Bertz CT molecular complexity index is 97.4. The van der Waals surface area contributed by atoms with E-state index >= 15 is 0 Å². The molecule has 0 heterocycles. The molecule has 0 saturated carbocycles. The zero-order valence-electron chi connectivity index (χ0n) is 7.39. The Morgan fingerprint density at radius 2 is 2.00 bits per heavy atom. The van der Waals surface area contributed by atoms with Gasteiger partial charge in [-0.15, -0.1) is 0 Å². The summed E-state index contributed by atoms with van der Waals surface area (Å²) in [4.78, 5) is 4.25. The first-order valence-electron chi connectivity index (χ1n) is 3.84. The van der Waals surface area contributed by atoms with E-state index in [1.165, 1.54) is 0 Å². The van der Waals surface area contributed by atoms with Crippen molar-refractivity contribution in [3.05, 3.63) is 0 Å². The molecule has 0 aliphatic rings. The van der Waals surface area contributed by atoms with Gasteiger partial charge in [-0.1, -0.05) is 13.8 Å². The Morgan fingerprint density at radius 1 is 1.40 bits per heavy atom. The fourth-order valence-corrected chi connectivity index (χ4v) is 0.521. The van der Waals surface area contributed by atoms with E-state index in [-0.39, 0.29) is 0 Å². The maximum Gasteiger partial charge on any atom is 0.0536 e. The van der Waals surface area contributed by atoms with E-state index < -0.39 is 0 Å². The summed E-state index contributed by atoms with van der Waals surface area (Å²) in [7, 11) is 1.95. The zero-order chi connectivity index (χ0) is 7.98. The van der Waals surface area contributed by atoms with Gasteiger partial charge in [-0.3, -0.25) is 4.99 Å². The van der Waals surface area contributed by atoms with Crippen molar-refractivity contribution in [1.82, 2.24) is 5.32 Å². The second-order valence-corrected chi connectivity index (χ2v) is 2.95. The minimum absolute atomic E-state index is 0.495. The topological polar surface area (TPSA) is 24.4 Å². The lowest BCUT2D eigenvalue weighted by atomic mass is 10.2. The summed E-state index contributed by atoms with van der Waals surface area (Å²) in [5.41, 5.74) is 0. The second kappa shape index (κ2) is 5.42. The lowest BCUT2D eigenvalue weighted by molar-refractivity contribution is 0.622. The minimum Gasteiger partial charge on any atom is -0.315 e. The van der Waals surface area contributed by atoms with Crippen molar-refractivity contribution in [2.45, 2.75) is 26.8 Å². The van der Waals surface area contributed by atoms with Gasteiger partial charge in [-0.05, 0) is 19.9 Å². The highest BCUT2D eigenvalue weighted by atomic mass is 14.9. The molecule has 2 heteroatoms. The third-order valence-corrected chi connectivity index (χ3v) is 1.28. The van der Waals surface area contributed by atoms with Crippen LogP contribution < -0.4 is 5.32 Å². The molecule has 2 nitrogen and oxygen atoms in total. The molecule has 0 aromatic rings. The van der Waals surface area contributed by atoms with E-state index in [9.17, 15) is 0 Å². The SMILES string of the molecule is CNC(C)CN=CC(C)C. The number of hydrogen-bond donors (Lipinski definition) is 1. The average molecular weight is 142 g/mol. The standard InChI is InChI=1S/C8H18N2/c1-7(2)5-10-6-8(3)9-4/h5,7-9H,6H2,1-4H3. The van der Waals surface area contributed by atoms with Crippen molar-refractivity contribution in [1.29, 1.82) is 0 Å². The third-order valence-electron chi connectivity index (χ3n) is 1.28. The van der Waals surface area contributed by atoms with Crippen molar-refractivity contribution in [2.75, 3.05) is 13.6 Å². The Balaban J connectivity index is 3.33. The van der Waals surface area contributed by atoms with Crippen molar-refractivity contribution in [2.24, 2.45) is 10.9 Å². The summed E-state index contributed by atoms with van der Waals surface area (Å²) in [6.07, 6.45) is 1.99. The first-order valence-corrected chi connectivity index (χ1v) is 3.84. The van der Waals surface area contributed by atoms with Gasteiger partial charge in [0.2, 0.25) is 0 Å². The smallest absolute Gasteiger partial charge is 0.0536 e. The Morgan fingerprint density at radius 3 is 2.40 bits per heavy atom. The van der Waals surface area contributed by atoms with Gasteiger partial charge in [0.05, 0.1) is 6.54 Å². The van der Waals surface area contributed by atoms with Crippen LogP contribution in [0.5, 0.6) is 0 Å². The molecule has 1 unspecified atom stereocenters. The number of likely N-dealkylation sites (N-methyl/N-ethyl adjacent to an activating group) is 1. The molecule has 0 bridgehead atoms. The van der Waals surface area contributed by atoms with Crippen LogP contribution in [0.15, 0.2) is 4.99 Å². The molecule has 0 fully saturated rings. The van der Waals surface area contributed by atoms with Crippen molar-refractivity contribution < 1.29 is 0 Å². The lowest BCUT2D eigenvalue weighted by Gasteiger charge is -2.04. The van der Waals surface area contributed by atoms with E-state index in [1.807, 2.05) is 13.3 Å². The molecule has 0 spiro atoms. The van der Waals surface area contributed by atoms with Gasteiger partial charge in [-0.2, -0.15) is 0 Å². The quantitative estimate of drug-likeness (QED) is 0.588. The van der Waals surface area contributed by atoms with E-state index in [4.69, 9.17) is 0 Å². The van der Waals surface area contributed by atoms with Crippen molar-refractivity contribution in [3.63, 3.8) is 0 Å². The van der Waals surface area contributed by atoms with Gasteiger partial charge < -0.3 is 5.32 Å². The van der Waals surface area contributed by atoms with Gasteiger partial charge in [0.15, 0.2) is 0 Å². The van der Waals surface area contributed by atoms with E-state index in [1.54, 1.807) is 0 Å². The molecule has 0 amide bonds. The fourth-order valence-electron chi connectivity index (χ4n) is 0.521. The molecular weight excluding hydrogens is 124 g/mol. The molecule has 0 aromatic heterocycles. The first kappa shape index (κ1) is 9.63. The molecule has 0 aliphatic carbocycles. The summed E-state index contributed by atoms with van der Waals surface area (Å²) in [5, 5.41) is 3.12. The van der Waals surface area contributed by atoms with Crippen LogP contribution in [0.1, 0.15) is 20.8 Å². The highest BCUT2D eigenvalue weighted by molar-refractivity contribution is 5.59. The van der Waals surface area contributed by atoms with Crippen LogP contribution in [0, 0.1) is 5.92 Å². The van der Waals surface area contributed by atoms with E-state index in [0.717, 1.165) is 6.54 Å². The van der Waals surface area contributed by atoms with Gasteiger partial charge in [0.25, 0.3) is 0 Å². The molecular formula is C8H18N2. The molecule has 0 radical (unpaired) electrons. The highest BCUT2D eigenvalue weighted by Crippen LogP contribution is 1.86. The normalized spacial score (nSPS) is 14.9. The van der Waals surface area contributed by atoms with Crippen LogP contribution >= 0.6 is 0 Å². The maximum absolute atomic E-state index is 4.25. The maximum atomic E-state index is 4.25. The second-order valence-electron chi connectivity index (χ2n) is 2.95. The zero-order valence-corrected chi connectivity index (χ0v) is 7.39. The third kappa shape index (κ3) is 5.76. The van der Waals surface area contributed by atoms with Gasteiger partial charge in [-0.25, -0.2) is 0 Å². The van der Waals surface area contributed by atoms with Crippen LogP contribution in [-0.2, 0) is 0 Å². The van der Waals surface area contributed by atoms with Crippen LogP contribution in [0.2, 0.25) is 0 Å². The van der Waals surface area contributed by atoms with Gasteiger partial charge in [0, 0.05) is 12.3 Å². The van der Waals surface area contributed by atoms with Gasteiger partial charge >= 0.3 is 0 Å². The Kier molecular flexibility index (Phi) is 5.22. The van der Waals surface area contributed by atoms with Crippen LogP contribution in [0.4, 0.5) is 0 Å². The summed E-state index contributed by atoms with van der Waals surface area (Å²) >= 11 is 0. The molecule has 1 N–H and O–H groups in total. The summed E-state index contributed by atoms with van der Waals surface area (Å²) in [5.74, 6) is 0.573. The molecule has 10 heavy (non-hydrogen) atoms. The van der Waals surface area contributed by atoms with Crippen LogP contribution in [-0.4, -0.2) is 25.8 Å². The number of nitrogens with zero attached hydrogens (tertiary/aromatic N) is 1. The first-order chi connectivity index (χ1) is 4.66. The van der Waals surface area contributed by atoms with Crippen molar-refractivity contribution >= 4 is 6.21 Å². The lowest BCUT2D eigenvalue weighted by Crippen LogP contribution is -2.24. The Hall–Kier alpha value is -0.370. The molecule has 0 saturated heterocycles. The number of hydrogen-bond acceptors (Lipinski definition) is 2. The number of aliphatic imine (C=N–C) groups is 1. The monoisotopic (exact) mass is 142 g/mol. The molecule has 0 aliphatic heterocycles. The van der Waals surface area contributed by atoms with Crippen LogP contribution in [0.25, 0.3) is 0 Å². The fraction of sp³-hybridized carbons (Fsp3) is 0.875. The predicted octanol–water partition coefficient (Wildman–Crippen LogP) is 1.32.